The van der Waals surface area contributed by atoms with Crippen LogP contribution in [0.2, 0.25) is 5.02 Å². The fourth-order valence-corrected chi connectivity index (χ4v) is 3.74. The minimum absolute atomic E-state index is 0.0170. The molecule has 0 saturated carbocycles. The Morgan fingerprint density at radius 1 is 1.35 bits per heavy atom. The van der Waals surface area contributed by atoms with E-state index in [1.165, 1.54) is 0 Å². The first kappa shape index (κ1) is 18.0. The normalized spacial score (nSPS) is 17.9. The molecule has 8 heteroatoms. The summed E-state index contributed by atoms with van der Waals surface area (Å²) in [6.07, 6.45) is 0.0170. The molecule has 1 saturated heterocycles. The van der Waals surface area contributed by atoms with E-state index in [0.717, 1.165) is 0 Å². The molecule has 1 N–H and O–H groups in total. The molecule has 23 heavy (non-hydrogen) atoms. The highest BCUT2D eigenvalue weighted by Crippen LogP contribution is 2.28. The maximum absolute atomic E-state index is 12.0. The van der Waals surface area contributed by atoms with E-state index in [-0.39, 0.29) is 30.1 Å². The van der Waals surface area contributed by atoms with Crippen molar-refractivity contribution in [1.29, 1.82) is 0 Å². The van der Waals surface area contributed by atoms with Crippen LogP contribution in [-0.4, -0.2) is 56.5 Å². The predicted octanol–water partition coefficient (Wildman–Crippen LogP) is 1.80. The SMILES string of the molecule is CC(C)Oc1ccc(NC(=O)CN2CCS(=O)(=O)CC2)cc1Cl. The summed E-state index contributed by atoms with van der Waals surface area (Å²) in [5.74, 6) is 0.583. The number of nitrogens with one attached hydrogen (secondary N) is 1. The van der Waals surface area contributed by atoms with E-state index in [4.69, 9.17) is 16.3 Å². The van der Waals surface area contributed by atoms with Gasteiger partial charge < -0.3 is 10.1 Å². The Morgan fingerprint density at radius 3 is 2.57 bits per heavy atom. The molecule has 128 valence electrons. The standard InChI is InChI=1S/C15H21ClN2O4S/c1-11(2)22-14-4-3-12(9-13(14)16)17-15(19)10-18-5-7-23(20,21)8-6-18/h3-4,9,11H,5-8,10H2,1-2H3,(H,17,19). The van der Waals surface area contributed by atoms with Crippen LogP contribution in [0.25, 0.3) is 0 Å². The second kappa shape index (κ2) is 7.51. The van der Waals surface area contributed by atoms with Gasteiger partial charge in [-0.2, -0.15) is 0 Å². The maximum atomic E-state index is 12.0. The summed E-state index contributed by atoms with van der Waals surface area (Å²) >= 11 is 6.13. The third kappa shape index (κ3) is 5.67. The first-order chi connectivity index (χ1) is 10.7. The van der Waals surface area contributed by atoms with Gasteiger partial charge in [-0.25, -0.2) is 8.42 Å². The number of hydrogen-bond acceptors (Lipinski definition) is 5. The topological polar surface area (TPSA) is 75.7 Å². The van der Waals surface area contributed by atoms with Crippen molar-refractivity contribution in [3.05, 3.63) is 23.2 Å². The van der Waals surface area contributed by atoms with Crippen LogP contribution in [0.4, 0.5) is 5.69 Å². The van der Waals surface area contributed by atoms with E-state index in [1.807, 2.05) is 18.7 Å². The molecule has 0 unspecified atom stereocenters. The zero-order chi connectivity index (χ0) is 17.0. The fraction of sp³-hybridized carbons (Fsp3) is 0.533. The number of ether oxygens (including phenoxy) is 1. The van der Waals surface area contributed by atoms with Crippen LogP contribution < -0.4 is 10.1 Å². The van der Waals surface area contributed by atoms with Crippen molar-refractivity contribution in [2.45, 2.75) is 20.0 Å². The van der Waals surface area contributed by atoms with E-state index >= 15 is 0 Å². The summed E-state index contributed by atoms with van der Waals surface area (Å²) in [5, 5.41) is 3.19. The van der Waals surface area contributed by atoms with E-state index in [2.05, 4.69) is 5.32 Å². The third-order valence-electron chi connectivity index (χ3n) is 3.38. The quantitative estimate of drug-likeness (QED) is 0.866. The molecule has 1 aliphatic heterocycles. The molecule has 1 aromatic carbocycles. The summed E-state index contributed by atoms with van der Waals surface area (Å²) in [7, 11) is -2.94. The van der Waals surface area contributed by atoms with Gasteiger partial charge in [0.2, 0.25) is 5.91 Å². The van der Waals surface area contributed by atoms with E-state index in [0.29, 0.717) is 29.5 Å². The van der Waals surface area contributed by atoms with Gasteiger partial charge in [0.15, 0.2) is 9.84 Å². The van der Waals surface area contributed by atoms with Gasteiger partial charge in [0.1, 0.15) is 5.75 Å². The lowest BCUT2D eigenvalue weighted by Gasteiger charge is -2.25. The Hall–Kier alpha value is -1.31. The number of carbonyl (C=O) groups is 1. The second-order valence-electron chi connectivity index (χ2n) is 5.79. The van der Waals surface area contributed by atoms with Crippen LogP contribution in [0.3, 0.4) is 0 Å². The Bertz CT molecular complexity index is 662. The van der Waals surface area contributed by atoms with Crippen LogP contribution in [0.15, 0.2) is 18.2 Å². The average molecular weight is 361 g/mol. The predicted molar refractivity (Wildman–Crippen MR) is 90.9 cm³/mol. The second-order valence-corrected chi connectivity index (χ2v) is 8.50. The summed E-state index contributed by atoms with van der Waals surface area (Å²) in [5.41, 5.74) is 0.584. The number of hydrogen-bond donors (Lipinski definition) is 1. The van der Waals surface area contributed by atoms with Gasteiger partial charge in [-0.1, -0.05) is 11.6 Å². The zero-order valence-corrected chi connectivity index (χ0v) is 14.8. The summed E-state index contributed by atoms with van der Waals surface area (Å²) in [6.45, 7) is 4.75. The number of amides is 1. The van der Waals surface area contributed by atoms with Crippen molar-refractivity contribution in [3.8, 4) is 5.75 Å². The summed E-state index contributed by atoms with van der Waals surface area (Å²) < 4.78 is 28.3. The average Bonchev–Trinajstić information content (AvgIpc) is 2.44. The maximum Gasteiger partial charge on any atom is 0.238 e. The molecule has 0 radical (unpaired) electrons. The number of anilines is 1. The molecular weight excluding hydrogens is 340 g/mol. The number of benzene rings is 1. The Balaban J connectivity index is 1.89. The molecule has 0 spiro atoms. The molecule has 2 rings (SSSR count). The van der Waals surface area contributed by atoms with Crippen LogP contribution >= 0.6 is 11.6 Å². The van der Waals surface area contributed by atoms with Crippen LogP contribution in [0.5, 0.6) is 5.75 Å². The number of carbonyl (C=O) groups excluding carboxylic acids is 1. The van der Waals surface area contributed by atoms with Crippen molar-refractivity contribution in [1.82, 2.24) is 4.90 Å². The smallest absolute Gasteiger partial charge is 0.238 e. The van der Waals surface area contributed by atoms with Gasteiger partial charge in [-0.3, -0.25) is 9.69 Å². The fourth-order valence-electron chi connectivity index (χ4n) is 2.24. The first-order valence-corrected chi connectivity index (χ1v) is 9.64. The minimum Gasteiger partial charge on any atom is -0.489 e. The van der Waals surface area contributed by atoms with Crippen molar-refractivity contribution >= 4 is 33.0 Å². The number of halogens is 1. The van der Waals surface area contributed by atoms with Gasteiger partial charge >= 0.3 is 0 Å². The summed E-state index contributed by atoms with van der Waals surface area (Å²) in [4.78, 5) is 13.9. The van der Waals surface area contributed by atoms with E-state index in [1.54, 1.807) is 18.2 Å². The van der Waals surface area contributed by atoms with Crippen LogP contribution in [0, 0.1) is 0 Å². The van der Waals surface area contributed by atoms with Gasteiger partial charge in [-0.15, -0.1) is 0 Å². The highest BCUT2D eigenvalue weighted by molar-refractivity contribution is 7.91. The van der Waals surface area contributed by atoms with Crippen molar-refractivity contribution in [2.75, 3.05) is 36.5 Å². The number of rotatable bonds is 5. The lowest BCUT2D eigenvalue weighted by molar-refractivity contribution is -0.117. The van der Waals surface area contributed by atoms with Crippen molar-refractivity contribution in [3.63, 3.8) is 0 Å². The zero-order valence-electron chi connectivity index (χ0n) is 13.2. The van der Waals surface area contributed by atoms with E-state index < -0.39 is 9.84 Å². The van der Waals surface area contributed by atoms with Gasteiger partial charge in [0.05, 0.1) is 29.2 Å². The molecule has 0 aromatic heterocycles. The molecular formula is C15H21ClN2O4S. The Kier molecular flexibility index (Phi) is 5.89. The Labute approximate surface area is 141 Å². The molecule has 0 atom stereocenters. The van der Waals surface area contributed by atoms with Crippen LogP contribution in [-0.2, 0) is 14.6 Å². The largest absolute Gasteiger partial charge is 0.489 e. The van der Waals surface area contributed by atoms with Gasteiger partial charge in [0.25, 0.3) is 0 Å². The minimum atomic E-state index is -2.94. The van der Waals surface area contributed by atoms with Crippen molar-refractivity contribution in [2.24, 2.45) is 0 Å². The van der Waals surface area contributed by atoms with Gasteiger partial charge in [0, 0.05) is 18.8 Å². The summed E-state index contributed by atoms with van der Waals surface area (Å²) in [6, 6.07) is 5.07. The van der Waals surface area contributed by atoms with Gasteiger partial charge in [-0.05, 0) is 32.0 Å². The molecule has 0 bridgehead atoms. The van der Waals surface area contributed by atoms with Crippen LogP contribution in [0.1, 0.15) is 13.8 Å². The molecule has 1 fully saturated rings. The Morgan fingerprint density at radius 2 is 2.00 bits per heavy atom. The molecule has 1 amide bonds. The molecule has 0 aliphatic carbocycles. The van der Waals surface area contributed by atoms with E-state index in [9.17, 15) is 13.2 Å². The molecule has 6 nitrogen and oxygen atoms in total. The lowest BCUT2D eigenvalue weighted by Crippen LogP contribution is -2.43. The lowest BCUT2D eigenvalue weighted by atomic mass is 10.3. The van der Waals surface area contributed by atoms with Crippen molar-refractivity contribution < 1.29 is 17.9 Å². The molecule has 1 heterocycles. The third-order valence-corrected chi connectivity index (χ3v) is 5.29. The molecule has 1 aliphatic rings. The number of sulfone groups is 1. The monoisotopic (exact) mass is 360 g/mol. The highest BCUT2D eigenvalue weighted by atomic mass is 35.5. The first-order valence-electron chi connectivity index (χ1n) is 7.44. The highest BCUT2D eigenvalue weighted by Gasteiger charge is 2.23. The molecule has 1 aromatic rings. The number of nitrogens with zero attached hydrogens (tertiary/aromatic N) is 1.